The highest BCUT2D eigenvalue weighted by Gasteiger charge is 2.76. The molecule has 3 fully saturated rings. The Balaban J connectivity index is 1.74. The van der Waals surface area contributed by atoms with E-state index in [9.17, 15) is 19.5 Å². The summed E-state index contributed by atoms with van der Waals surface area (Å²) in [4.78, 5) is 48.0. The zero-order valence-electron chi connectivity index (χ0n) is 24.2. The molecule has 4 rings (SSSR count). The Kier molecular flexibility index (Phi) is 10.3. The largest absolute Gasteiger partial charge is 0.494 e. The Bertz CT molecular complexity index is 1150. The van der Waals surface area contributed by atoms with Crippen LogP contribution in [0.5, 0.6) is 5.75 Å². The summed E-state index contributed by atoms with van der Waals surface area (Å²) >= 11 is 5.44. The standard InChI is InChI=1S/C31H42BrN3O5S/c1-6-10-20(5)33(15-7-2)30(39)27-31-19-23(32)26(41-31)24(25(31)29(38)35(27)17-18-36)28(37)34(16-8-3)21-11-13-22(14-12-21)40-9-4/h7-8,11-14,20,23-27,36H,2-3,6,9-10,15-19H2,1,4-5H3/t20?,23?,24-,25-,26-,27?,31?/m0/s1. The molecule has 3 saturated heterocycles. The number of halogens is 1. The molecule has 1 aromatic carbocycles. The number of ether oxygens (including phenoxy) is 1. The molecule has 3 amide bonds. The average molecular weight is 649 g/mol. The molecule has 10 heteroatoms. The number of thioether (sulfide) groups is 1. The van der Waals surface area contributed by atoms with Gasteiger partial charge in [-0.1, -0.05) is 41.4 Å². The lowest BCUT2D eigenvalue weighted by molar-refractivity contribution is -0.144. The predicted molar refractivity (Wildman–Crippen MR) is 167 cm³/mol. The molecule has 0 aromatic heterocycles. The van der Waals surface area contributed by atoms with Crippen molar-refractivity contribution in [2.45, 2.75) is 66.9 Å². The highest BCUT2D eigenvalue weighted by molar-refractivity contribution is 9.09. The molecular weight excluding hydrogens is 606 g/mol. The van der Waals surface area contributed by atoms with E-state index in [2.05, 4.69) is 36.0 Å². The average Bonchev–Trinajstić information content (AvgIpc) is 3.54. The van der Waals surface area contributed by atoms with Gasteiger partial charge in [-0.3, -0.25) is 14.4 Å². The van der Waals surface area contributed by atoms with E-state index in [1.807, 2.05) is 43.0 Å². The fourth-order valence-corrected chi connectivity index (χ4v) is 10.5. The van der Waals surface area contributed by atoms with Crippen molar-refractivity contribution in [3.63, 3.8) is 0 Å². The Labute approximate surface area is 256 Å². The fraction of sp³-hybridized carbons (Fsp3) is 0.581. The first-order valence-corrected chi connectivity index (χ1v) is 16.3. The minimum absolute atomic E-state index is 0.0319. The number of nitrogens with zero attached hydrogens (tertiary/aromatic N) is 3. The number of hydrogen-bond acceptors (Lipinski definition) is 6. The van der Waals surface area contributed by atoms with Crippen molar-refractivity contribution in [1.82, 2.24) is 9.80 Å². The monoisotopic (exact) mass is 647 g/mol. The molecule has 0 radical (unpaired) electrons. The number of carbonyl (C=O) groups excluding carboxylic acids is 3. The minimum Gasteiger partial charge on any atom is -0.494 e. The summed E-state index contributed by atoms with van der Waals surface area (Å²) in [5, 5.41) is 9.79. The zero-order chi connectivity index (χ0) is 29.9. The summed E-state index contributed by atoms with van der Waals surface area (Å²) in [7, 11) is 0. The molecule has 3 aliphatic rings. The number of aliphatic hydroxyl groups is 1. The third-order valence-corrected chi connectivity index (χ3v) is 11.8. The second kappa shape index (κ2) is 13.3. The van der Waals surface area contributed by atoms with Crippen molar-refractivity contribution < 1.29 is 24.2 Å². The van der Waals surface area contributed by atoms with Gasteiger partial charge in [-0.15, -0.1) is 24.9 Å². The molecule has 0 aliphatic carbocycles. The van der Waals surface area contributed by atoms with Crippen LogP contribution < -0.4 is 9.64 Å². The highest BCUT2D eigenvalue weighted by Crippen LogP contribution is 2.68. The van der Waals surface area contributed by atoms with Crippen LogP contribution >= 0.6 is 27.7 Å². The lowest BCUT2D eigenvalue weighted by Gasteiger charge is -2.40. The number of amides is 3. The van der Waals surface area contributed by atoms with Crippen LogP contribution in [-0.4, -0.2) is 92.4 Å². The number of β-amino-alcohol motifs (C(OH)–C–C–N with tert-alkyl or cyclic N) is 1. The summed E-state index contributed by atoms with van der Waals surface area (Å²) in [6.07, 6.45) is 5.73. The highest BCUT2D eigenvalue weighted by atomic mass is 79.9. The maximum atomic E-state index is 14.4. The number of fused-ring (bicyclic) bond motifs is 1. The first-order chi connectivity index (χ1) is 19.7. The lowest BCUT2D eigenvalue weighted by Crippen LogP contribution is -2.57. The van der Waals surface area contributed by atoms with Crippen molar-refractivity contribution >= 4 is 51.1 Å². The van der Waals surface area contributed by atoms with E-state index in [-0.39, 0.29) is 53.5 Å². The van der Waals surface area contributed by atoms with Crippen molar-refractivity contribution in [2.24, 2.45) is 11.8 Å². The van der Waals surface area contributed by atoms with Crippen molar-refractivity contribution in [3.05, 3.63) is 49.6 Å². The predicted octanol–water partition coefficient (Wildman–Crippen LogP) is 4.26. The molecule has 224 valence electrons. The maximum Gasteiger partial charge on any atom is 0.247 e. The van der Waals surface area contributed by atoms with Crippen molar-refractivity contribution in [3.8, 4) is 5.75 Å². The second-order valence-corrected chi connectivity index (χ2v) is 13.7. The minimum atomic E-state index is -0.771. The van der Waals surface area contributed by atoms with Gasteiger partial charge in [-0.25, -0.2) is 0 Å². The van der Waals surface area contributed by atoms with Crippen molar-refractivity contribution in [1.29, 1.82) is 0 Å². The van der Waals surface area contributed by atoms with Gasteiger partial charge in [0.05, 0.1) is 29.8 Å². The van der Waals surface area contributed by atoms with Gasteiger partial charge in [0.2, 0.25) is 17.7 Å². The molecule has 1 N–H and O–H groups in total. The van der Waals surface area contributed by atoms with E-state index in [0.717, 1.165) is 12.8 Å². The maximum absolute atomic E-state index is 14.4. The number of benzene rings is 1. The van der Waals surface area contributed by atoms with Crippen LogP contribution in [0, 0.1) is 11.8 Å². The van der Waals surface area contributed by atoms with Gasteiger partial charge >= 0.3 is 0 Å². The van der Waals surface area contributed by atoms with Gasteiger partial charge in [0.25, 0.3) is 0 Å². The zero-order valence-corrected chi connectivity index (χ0v) is 26.6. The lowest BCUT2D eigenvalue weighted by atomic mass is 9.70. The number of likely N-dealkylation sites (tertiary alicyclic amines) is 1. The third-order valence-electron chi connectivity index (χ3n) is 8.53. The van der Waals surface area contributed by atoms with Gasteiger partial charge in [0.1, 0.15) is 11.8 Å². The summed E-state index contributed by atoms with van der Waals surface area (Å²) in [6.45, 7) is 14.7. The van der Waals surface area contributed by atoms with E-state index < -0.39 is 22.6 Å². The van der Waals surface area contributed by atoms with E-state index >= 15 is 0 Å². The van der Waals surface area contributed by atoms with Gasteiger partial charge in [-0.05, 0) is 51.0 Å². The molecule has 3 heterocycles. The molecular formula is C31H42BrN3O5S. The van der Waals surface area contributed by atoms with Gasteiger partial charge < -0.3 is 24.5 Å². The van der Waals surface area contributed by atoms with Crippen LogP contribution in [0.15, 0.2) is 49.6 Å². The van der Waals surface area contributed by atoms with Gasteiger partial charge in [-0.2, -0.15) is 0 Å². The summed E-state index contributed by atoms with van der Waals surface area (Å²) in [5.41, 5.74) is 0.696. The first-order valence-electron chi connectivity index (χ1n) is 14.5. The summed E-state index contributed by atoms with van der Waals surface area (Å²) < 4.78 is 4.81. The first kappa shape index (κ1) is 31.6. The molecule has 4 unspecified atom stereocenters. The summed E-state index contributed by atoms with van der Waals surface area (Å²) in [6, 6.07) is 6.55. The van der Waals surface area contributed by atoms with E-state index in [1.54, 1.807) is 33.7 Å². The fourth-order valence-electron chi connectivity index (χ4n) is 6.92. The summed E-state index contributed by atoms with van der Waals surface area (Å²) in [5.74, 6) is -1.10. The number of aliphatic hydroxyl groups excluding tert-OH is 1. The van der Waals surface area contributed by atoms with Crippen LogP contribution in [0.3, 0.4) is 0 Å². The molecule has 7 atom stereocenters. The van der Waals surface area contributed by atoms with E-state index in [0.29, 0.717) is 31.0 Å². The van der Waals surface area contributed by atoms with E-state index in [1.165, 1.54) is 0 Å². The molecule has 2 bridgehead atoms. The Hall–Kier alpha value is -2.30. The van der Waals surface area contributed by atoms with Crippen LogP contribution in [0.1, 0.15) is 40.0 Å². The van der Waals surface area contributed by atoms with Crippen LogP contribution in [0.2, 0.25) is 0 Å². The Morgan fingerprint density at radius 3 is 2.49 bits per heavy atom. The number of anilines is 1. The Morgan fingerprint density at radius 2 is 1.90 bits per heavy atom. The van der Waals surface area contributed by atoms with E-state index in [4.69, 9.17) is 4.74 Å². The molecule has 1 aromatic rings. The smallest absolute Gasteiger partial charge is 0.247 e. The molecule has 8 nitrogen and oxygen atoms in total. The molecule has 1 spiro atoms. The number of rotatable bonds is 14. The van der Waals surface area contributed by atoms with Gasteiger partial charge in [0, 0.05) is 41.4 Å². The van der Waals surface area contributed by atoms with Crippen molar-refractivity contribution in [2.75, 3.05) is 37.7 Å². The molecule has 41 heavy (non-hydrogen) atoms. The number of carbonyl (C=O) groups is 3. The SMILES string of the molecule is C=CCN(C(=O)[C@H]1[C@H]2C(=O)N(CCO)C(C(=O)N(CC=C)C(C)CCC)C23CC(Br)[C@@H]1S3)c1ccc(OCC)cc1. The van der Waals surface area contributed by atoms with Gasteiger partial charge in [0.15, 0.2) is 0 Å². The topological polar surface area (TPSA) is 90.4 Å². The number of alkyl halides is 1. The van der Waals surface area contributed by atoms with Crippen LogP contribution in [-0.2, 0) is 14.4 Å². The van der Waals surface area contributed by atoms with Crippen LogP contribution in [0.25, 0.3) is 0 Å². The quantitative estimate of drug-likeness (QED) is 0.240. The Morgan fingerprint density at radius 1 is 1.22 bits per heavy atom. The molecule has 3 aliphatic heterocycles. The molecule has 0 saturated carbocycles. The second-order valence-electron chi connectivity index (χ2n) is 11.0. The van der Waals surface area contributed by atoms with Crippen LogP contribution in [0.4, 0.5) is 5.69 Å². The third kappa shape index (κ3) is 5.59. The number of hydrogen-bond donors (Lipinski definition) is 1. The normalized spacial score (nSPS) is 28.8.